The molecule has 0 aliphatic rings. The second kappa shape index (κ2) is 9.43. The van der Waals surface area contributed by atoms with E-state index < -0.39 is 0 Å². The van der Waals surface area contributed by atoms with E-state index in [1.807, 2.05) is 60.7 Å². The van der Waals surface area contributed by atoms with Crippen LogP contribution in [0.3, 0.4) is 0 Å². The van der Waals surface area contributed by atoms with Crippen molar-refractivity contribution < 1.29 is 14.3 Å². The second-order valence-corrected chi connectivity index (χ2v) is 6.14. The van der Waals surface area contributed by atoms with Gasteiger partial charge in [-0.1, -0.05) is 60.7 Å². The highest BCUT2D eigenvalue weighted by Gasteiger charge is 2.07. The molecule has 27 heavy (non-hydrogen) atoms. The summed E-state index contributed by atoms with van der Waals surface area (Å²) in [5.74, 6) is 1.03. The molecule has 0 saturated heterocycles. The average molecular weight is 361 g/mol. The number of benzene rings is 3. The Balaban J connectivity index is 1.62. The molecular formula is C23H23NO3. The number of nitrogens with one attached hydrogen (secondary N) is 1. The Morgan fingerprint density at radius 1 is 0.852 bits per heavy atom. The highest BCUT2D eigenvalue weighted by atomic mass is 16.5. The third kappa shape index (κ3) is 5.61. The number of para-hydroxylation sites is 3. The van der Waals surface area contributed by atoms with Gasteiger partial charge in [-0.15, -0.1) is 0 Å². The van der Waals surface area contributed by atoms with Crippen molar-refractivity contribution >= 4 is 11.7 Å². The number of esters is 1. The lowest BCUT2D eigenvalue weighted by Crippen LogP contribution is -2.08. The zero-order valence-electron chi connectivity index (χ0n) is 15.4. The maximum Gasteiger partial charge on any atom is 0.308 e. The fourth-order valence-electron chi connectivity index (χ4n) is 2.76. The Kier molecular flexibility index (Phi) is 6.47. The molecule has 0 aromatic heterocycles. The van der Waals surface area contributed by atoms with Crippen LogP contribution >= 0.6 is 0 Å². The van der Waals surface area contributed by atoms with Crippen molar-refractivity contribution in [3.63, 3.8) is 0 Å². The SMILES string of the molecule is CC(=O)Oc1ccccc1NCc1ccccc1OCCc1ccccc1. The van der Waals surface area contributed by atoms with Gasteiger partial charge in [-0.25, -0.2) is 0 Å². The molecule has 0 heterocycles. The summed E-state index contributed by atoms with van der Waals surface area (Å²) in [6, 6.07) is 25.6. The zero-order valence-corrected chi connectivity index (χ0v) is 15.4. The number of carbonyl (C=O) groups is 1. The summed E-state index contributed by atoms with van der Waals surface area (Å²) in [5, 5.41) is 3.33. The summed E-state index contributed by atoms with van der Waals surface area (Å²) in [7, 11) is 0. The van der Waals surface area contributed by atoms with Crippen LogP contribution in [0.4, 0.5) is 5.69 Å². The van der Waals surface area contributed by atoms with E-state index in [0.717, 1.165) is 23.4 Å². The van der Waals surface area contributed by atoms with Gasteiger partial charge in [0.15, 0.2) is 5.75 Å². The normalized spacial score (nSPS) is 10.3. The highest BCUT2D eigenvalue weighted by molar-refractivity contribution is 5.72. The van der Waals surface area contributed by atoms with Crippen LogP contribution in [0.2, 0.25) is 0 Å². The molecule has 0 saturated carbocycles. The quantitative estimate of drug-likeness (QED) is 0.460. The van der Waals surface area contributed by atoms with Gasteiger partial charge in [0, 0.05) is 25.5 Å². The topological polar surface area (TPSA) is 47.6 Å². The maximum atomic E-state index is 11.3. The third-order valence-electron chi connectivity index (χ3n) is 4.07. The molecule has 3 aromatic rings. The van der Waals surface area contributed by atoms with Crippen LogP contribution < -0.4 is 14.8 Å². The van der Waals surface area contributed by atoms with Gasteiger partial charge in [-0.05, 0) is 23.8 Å². The zero-order chi connectivity index (χ0) is 18.9. The van der Waals surface area contributed by atoms with Crippen molar-refractivity contribution in [2.75, 3.05) is 11.9 Å². The molecule has 0 radical (unpaired) electrons. The van der Waals surface area contributed by atoms with Gasteiger partial charge in [0.2, 0.25) is 0 Å². The van der Waals surface area contributed by atoms with E-state index in [1.54, 1.807) is 6.07 Å². The molecule has 3 rings (SSSR count). The van der Waals surface area contributed by atoms with E-state index in [0.29, 0.717) is 18.9 Å². The van der Waals surface area contributed by atoms with Crippen LogP contribution in [0.15, 0.2) is 78.9 Å². The van der Waals surface area contributed by atoms with Crippen LogP contribution in [0.1, 0.15) is 18.1 Å². The summed E-state index contributed by atoms with van der Waals surface area (Å²) < 4.78 is 11.2. The molecule has 0 spiro atoms. The van der Waals surface area contributed by atoms with Crippen molar-refractivity contribution in [1.29, 1.82) is 0 Å². The highest BCUT2D eigenvalue weighted by Crippen LogP contribution is 2.26. The predicted octanol–water partition coefficient (Wildman–Crippen LogP) is 4.85. The van der Waals surface area contributed by atoms with Gasteiger partial charge in [-0.3, -0.25) is 4.79 Å². The number of anilines is 1. The lowest BCUT2D eigenvalue weighted by molar-refractivity contribution is -0.131. The molecule has 4 nitrogen and oxygen atoms in total. The molecule has 3 aromatic carbocycles. The van der Waals surface area contributed by atoms with Crippen molar-refractivity contribution in [2.24, 2.45) is 0 Å². The average Bonchev–Trinajstić information content (AvgIpc) is 2.69. The van der Waals surface area contributed by atoms with E-state index in [1.165, 1.54) is 12.5 Å². The molecule has 0 fully saturated rings. The first-order valence-electron chi connectivity index (χ1n) is 8.98. The van der Waals surface area contributed by atoms with Gasteiger partial charge in [-0.2, -0.15) is 0 Å². The van der Waals surface area contributed by atoms with Gasteiger partial charge in [0.1, 0.15) is 5.75 Å². The summed E-state index contributed by atoms with van der Waals surface area (Å²) in [4.78, 5) is 11.3. The Morgan fingerprint density at radius 2 is 1.52 bits per heavy atom. The summed E-state index contributed by atoms with van der Waals surface area (Å²) in [6.07, 6.45) is 0.859. The molecule has 0 amide bonds. The molecular weight excluding hydrogens is 338 g/mol. The largest absolute Gasteiger partial charge is 0.493 e. The van der Waals surface area contributed by atoms with Gasteiger partial charge >= 0.3 is 5.97 Å². The van der Waals surface area contributed by atoms with Crippen LogP contribution in [0.5, 0.6) is 11.5 Å². The monoisotopic (exact) mass is 361 g/mol. The standard InChI is InChI=1S/C23H23NO3/c1-18(25)27-23-14-8-6-12-21(23)24-17-20-11-5-7-13-22(20)26-16-15-19-9-3-2-4-10-19/h2-14,24H,15-17H2,1H3. The van der Waals surface area contributed by atoms with Crippen molar-refractivity contribution in [1.82, 2.24) is 0 Å². The Bertz CT molecular complexity index is 878. The molecule has 0 aliphatic heterocycles. The number of rotatable bonds is 8. The van der Waals surface area contributed by atoms with E-state index in [9.17, 15) is 4.79 Å². The van der Waals surface area contributed by atoms with Crippen LogP contribution in [0, 0.1) is 0 Å². The summed E-state index contributed by atoms with van der Waals surface area (Å²) in [5.41, 5.74) is 3.07. The first-order valence-corrected chi connectivity index (χ1v) is 8.98. The lowest BCUT2D eigenvalue weighted by Gasteiger charge is -2.14. The van der Waals surface area contributed by atoms with Gasteiger partial charge in [0.05, 0.1) is 12.3 Å². The smallest absolute Gasteiger partial charge is 0.308 e. The van der Waals surface area contributed by atoms with Crippen LogP contribution in [-0.4, -0.2) is 12.6 Å². The first kappa shape index (κ1) is 18.5. The van der Waals surface area contributed by atoms with Crippen molar-refractivity contribution in [2.45, 2.75) is 19.9 Å². The van der Waals surface area contributed by atoms with Crippen molar-refractivity contribution in [3.05, 3.63) is 90.0 Å². The molecule has 0 atom stereocenters. The molecule has 0 unspecified atom stereocenters. The third-order valence-corrected chi connectivity index (χ3v) is 4.07. The molecule has 0 bridgehead atoms. The summed E-state index contributed by atoms with van der Waals surface area (Å²) in [6.45, 7) is 2.58. The van der Waals surface area contributed by atoms with Crippen molar-refractivity contribution in [3.8, 4) is 11.5 Å². The fraction of sp³-hybridized carbons (Fsp3) is 0.174. The summed E-state index contributed by atoms with van der Waals surface area (Å²) >= 11 is 0. The van der Waals surface area contributed by atoms with Crippen LogP contribution in [-0.2, 0) is 17.8 Å². The Labute approximate surface area is 159 Å². The number of ether oxygens (including phenoxy) is 2. The van der Waals surface area contributed by atoms with E-state index in [-0.39, 0.29) is 5.97 Å². The van der Waals surface area contributed by atoms with E-state index >= 15 is 0 Å². The number of hydrogen-bond acceptors (Lipinski definition) is 4. The minimum atomic E-state index is -0.339. The van der Waals surface area contributed by atoms with Gasteiger partial charge in [0.25, 0.3) is 0 Å². The number of carbonyl (C=O) groups excluding carboxylic acids is 1. The fourth-order valence-corrected chi connectivity index (χ4v) is 2.76. The Morgan fingerprint density at radius 3 is 2.30 bits per heavy atom. The molecule has 4 heteroatoms. The first-order chi connectivity index (χ1) is 13.2. The molecule has 0 aliphatic carbocycles. The Hall–Kier alpha value is -3.27. The second-order valence-electron chi connectivity index (χ2n) is 6.14. The number of hydrogen-bond donors (Lipinski definition) is 1. The van der Waals surface area contributed by atoms with Gasteiger partial charge < -0.3 is 14.8 Å². The van der Waals surface area contributed by atoms with Crippen LogP contribution in [0.25, 0.3) is 0 Å². The lowest BCUT2D eigenvalue weighted by atomic mass is 10.1. The molecule has 1 N–H and O–H groups in total. The van der Waals surface area contributed by atoms with E-state index in [2.05, 4.69) is 17.4 Å². The minimum Gasteiger partial charge on any atom is -0.493 e. The predicted molar refractivity (Wildman–Crippen MR) is 107 cm³/mol. The minimum absolute atomic E-state index is 0.339. The maximum absolute atomic E-state index is 11.3. The molecule has 138 valence electrons. The van der Waals surface area contributed by atoms with E-state index in [4.69, 9.17) is 9.47 Å².